The van der Waals surface area contributed by atoms with Gasteiger partial charge in [0.1, 0.15) is 0 Å². The van der Waals surface area contributed by atoms with Crippen LogP contribution in [0.15, 0.2) is 0 Å². The smallest absolute Gasteiger partial charge is 0.0834 e. The van der Waals surface area contributed by atoms with Crippen molar-refractivity contribution >= 4 is 0 Å². The highest BCUT2D eigenvalue weighted by molar-refractivity contribution is 4.78. The maximum atomic E-state index is 8.56. The number of hydrogen-bond donors (Lipinski definition) is 1. The molecule has 0 aliphatic carbocycles. The first kappa shape index (κ1) is 7.03. The summed E-state index contributed by atoms with van der Waals surface area (Å²) >= 11 is 0. The summed E-state index contributed by atoms with van der Waals surface area (Å²) in [5, 5.41) is 8.56. The number of hydrogen-bond acceptors (Lipinski definition) is 2. The van der Waals surface area contributed by atoms with Crippen LogP contribution in [0.1, 0.15) is 20.3 Å². The van der Waals surface area contributed by atoms with E-state index >= 15 is 0 Å². The summed E-state index contributed by atoms with van der Waals surface area (Å²) in [6.45, 7) is 4.46. The molecule has 1 aliphatic heterocycles. The molecule has 1 fully saturated rings. The van der Waals surface area contributed by atoms with E-state index in [0.29, 0.717) is 12.0 Å². The quantitative estimate of drug-likeness (QED) is 0.599. The van der Waals surface area contributed by atoms with Gasteiger partial charge in [-0.05, 0) is 5.92 Å². The molecule has 0 spiro atoms. The molecule has 0 radical (unpaired) electrons. The van der Waals surface area contributed by atoms with Crippen molar-refractivity contribution in [2.75, 3.05) is 6.61 Å². The van der Waals surface area contributed by atoms with E-state index in [-0.39, 0.29) is 12.7 Å². The molecule has 1 saturated heterocycles. The Labute approximate surface area is 55.8 Å². The first-order chi connectivity index (χ1) is 4.24. The minimum absolute atomic E-state index is 0.136. The highest BCUT2D eigenvalue weighted by atomic mass is 16.5. The Balaban J connectivity index is 2.12. The van der Waals surface area contributed by atoms with Crippen LogP contribution in [0.4, 0.5) is 0 Å². The Kier molecular flexibility index (Phi) is 2.09. The summed E-state index contributed by atoms with van der Waals surface area (Å²) < 4.78 is 5.30. The van der Waals surface area contributed by atoms with Crippen LogP contribution in [0, 0.1) is 5.92 Å². The fraction of sp³-hybridized carbons (Fsp3) is 1.00. The Hall–Kier alpha value is -0.0800. The predicted octanol–water partition coefficient (Wildman–Crippen LogP) is 0.792. The standard InChI is InChI=1S/C7H14O2/c1-5(2)7-3-6(4-8)9-7/h5-8H,3-4H2,1-2H3/t6?,7-/m0/s1. The molecule has 2 atom stereocenters. The monoisotopic (exact) mass is 130 g/mol. The van der Waals surface area contributed by atoms with Gasteiger partial charge in [-0.2, -0.15) is 0 Å². The lowest BCUT2D eigenvalue weighted by molar-refractivity contribution is -0.159. The summed E-state index contributed by atoms with van der Waals surface area (Å²) in [5.74, 6) is 0.604. The molecule has 0 aromatic carbocycles. The lowest BCUT2D eigenvalue weighted by atomic mass is 9.95. The van der Waals surface area contributed by atoms with Gasteiger partial charge in [-0.25, -0.2) is 0 Å². The van der Waals surface area contributed by atoms with E-state index < -0.39 is 0 Å². The topological polar surface area (TPSA) is 29.5 Å². The first-order valence-electron chi connectivity index (χ1n) is 3.50. The zero-order valence-corrected chi connectivity index (χ0v) is 6.00. The van der Waals surface area contributed by atoms with Crippen molar-refractivity contribution in [1.82, 2.24) is 0 Å². The first-order valence-corrected chi connectivity index (χ1v) is 3.50. The largest absolute Gasteiger partial charge is 0.394 e. The second-order valence-electron chi connectivity index (χ2n) is 2.96. The van der Waals surface area contributed by atoms with Gasteiger partial charge in [-0.15, -0.1) is 0 Å². The van der Waals surface area contributed by atoms with E-state index in [4.69, 9.17) is 9.84 Å². The van der Waals surface area contributed by atoms with Crippen LogP contribution in [0.25, 0.3) is 0 Å². The van der Waals surface area contributed by atoms with E-state index in [1.807, 2.05) is 0 Å². The average Bonchev–Trinajstić information content (AvgIpc) is 1.61. The zero-order chi connectivity index (χ0) is 6.85. The van der Waals surface area contributed by atoms with E-state index in [1.165, 1.54) is 0 Å². The Morgan fingerprint density at radius 3 is 2.56 bits per heavy atom. The summed E-state index contributed by atoms with van der Waals surface area (Å²) in [5.41, 5.74) is 0. The molecule has 2 nitrogen and oxygen atoms in total. The van der Waals surface area contributed by atoms with Crippen LogP contribution in [-0.2, 0) is 4.74 Å². The maximum absolute atomic E-state index is 8.56. The lowest BCUT2D eigenvalue weighted by Gasteiger charge is -2.37. The van der Waals surface area contributed by atoms with Gasteiger partial charge in [0.25, 0.3) is 0 Å². The van der Waals surface area contributed by atoms with Crippen molar-refractivity contribution in [1.29, 1.82) is 0 Å². The molecule has 1 heterocycles. The molecule has 1 unspecified atom stereocenters. The summed E-state index contributed by atoms with van der Waals surface area (Å²) in [6, 6.07) is 0. The second kappa shape index (κ2) is 2.67. The third-order valence-corrected chi connectivity index (χ3v) is 1.81. The van der Waals surface area contributed by atoms with Gasteiger partial charge in [-0.3, -0.25) is 0 Å². The number of aliphatic hydroxyl groups excluding tert-OH is 1. The number of ether oxygens (including phenoxy) is 1. The second-order valence-corrected chi connectivity index (χ2v) is 2.96. The maximum Gasteiger partial charge on any atom is 0.0834 e. The van der Waals surface area contributed by atoms with Crippen molar-refractivity contribution in [3.63, 3.8) is 0 Å². The number of aliphatic hydroxyl groups is 1. The molecule has 9 heavy (non-hydrogen) atoms. The third-order valence-electron chi connectivity index (χ3n) is 1.81. The lowest BCUT2D eigenvalue weighted by Crippen LogP contribution is -2.42. The van der Waals surface area contributed by atoms with Crippen LogP contribution in [-0.4, -0.2) is 23.9 Å². The Morgan fingerprint density at radius 1 is 1.67 bits per heavy atom. The van der Waals surface area contributed by atoms with Gasteiger partial charge in [0.05, 0.1) is 18.8 Å². The molecular formula is C7H14O2. The molecule has 0 amide bonds. The van der Waals surface area contributed by atoms with Crippen molar-refractivity contribution < 1.29 is 9.84 Å². The molecule has 0 bridgehead atoms. The molecule has 0 saturated carbocycles. The van der Waals surface area contributed by atoms with E-state index in [9.17, 15) is 0 Å². The van der Waals surface area contributed by atoms with Gasteiger partial charge in [0.2, 0.25) is 0 Å². The van der Waals surface area contributed by atoms with E-state index in [1.54, 1.807) is 0 Å². The van der Waals surface area contributed by atoms with Gasteiger partial charge in [0, 0.05) is 6.42 Å². The molecule has 1 N–H and O–H groups in total. The van der Waals surface area contributed by atoms with Gasteiger partial charge in [-0.1, -0.05) is 13.8 Å². The minimum atomic E-state index is 0.136. The molecule has 1 rings (SSSR count). The fourth-order valence-electron chi connectivity index (χ4n) is 1.04. The molecular weight excluding hydrogens is 116 g/mol. The summed E-state index contributed by atoms with van der Waals surface area (Å²) in [7, 11) is 0. The Morgan fingerprint density at radius 2 is 2.22 bits per heavy atom. The van der Waals surface area contributed by atoms with E-state index in [0.717, 1.165) is 6.42 Å². The van der Waals surface area contributed by atoms with Gasteiger partial charge >= 0.3 is 0 Å². The predicted molar refractivity (Wildman–Crippen MR) is 35.2 cm³/mol. The van der Waals surface area contributed by atoms with Gasteiger partial charge in [0.15, 0.2) is 0 Å². The van der Waals surface area contributed by atoms with Crippen LogP contribution in [0.2, 0.25) is 0 Å². The minimum Gasteiger partial charge on any atom is -0.394 e. The van der Waals surface area contributed by atoms with Gasteiger partial charge < -0.3 is 9.84 Å². The third kappa shape index (κ3) is 1.43. The Bertz CT molecular complexity index is 84.9. The summed E-state index contributed by atoms with van der Waals surface area (Å²) in [4.78, 5) is 0. The molecule has 2 heteroatoms. The van der Waals surface area contributed by atoms with Crippen LogP contribution >= 0.6 is 0 Å². The van der Waals surface area contributed by atoms with Crippen molar-refractivity contribution in [2.45, 2.75) is 32.5 Å². The van der Waals surface area contributed by atoms with Crippen molar-refractivity contribution in [2.24, 2.45) is 5.92 Å². The van der Waals surface area contributed by atoms with E-state index in [2.05, 4.69) is 13.8 Å². The molecule has 0 aromatic rings. The normalized spacial score (nSPS) is 34.7. The van der Waals surface area contributed by atoms with Crippen molar-refractivity contribution in [3.8, 4) is 0 Å². The molecule has 54 valence electrons. The highest BCUT2D eigenvalue weighted by Crippen LogP contribution is 2.25. The van der Waals surface area contributed by atoms with Crippen LogP contribution < -0.4 is 0 Å². The SMILES string of the molecule is CC(C)[C@@H]1CC(CO)O1. The number of rotatable bonds is 2. The average molecular weight is 130 g/mol. The fourth-order valence-corrected chi connectivity index (χ4v) is 1.04. The summed E-state index contributed by atoms with van der Waals surface area (Å²) in [6.07, 6.45) is 1.58. The van der Waals surface area contributed by atoms with Crippen molar-refractivity contribution in [3.05, 3.63) is 0 Å². The molecule has 0 aromatic heterocycles. The van der Waals surface area contributed by atoms with Crippen LogP contribution in [0.5, 0.6) is 0 Å². The highest BCUT2D eigenvalue weighted by Gasteiger charge is 2.31. The zero-order valence-electron chi connectivity index (χ0n) is 6.00. The molecule has 1 aliphatic rings. The van der Waals surface area contributed by atoms with Crippen LogP contribution in [0.3, 0.4) is 0 Å².